The van der Waals surface area contributed by atoms with E-state index >= 15 is 0 Å². The maximum atomic E-state index is 13.5. The van der Waals surface area contributed by atoms with Gasteiger partial charge in [0, 0.05) is 10.9 Å². The summed E-state index contributed by atoms with van der Waals surface area (Å²) in [4.78, 5) is 14.0. The Morgan fingerprint density at radius 3 is 2.76 bits per heavy atom. The quantitative estimate of drug-likeness (QED) is 0.810. The van der Waals surface area contributed by atoms with Crippen LogP contribution in [0.3, 0.4) is 0 Å². The van der Waals surface area contributed by atoms with Crippen LogP contribution in [0.2, 0.25) is 0 Å². The van der Waals surface area contributed by atoms with Crippen molar-refractivity contribution in [1.82, 2.24) is 0 Å². The summed E-state index contributed by atoms with van der Waals surface area (Å²) in [6, 6.07) is 4.91. The minimum absolute atomic E-state index is 0.122. The molecule has 1 aromatic heterocycles. The predicted octanol–water partition coefficient (Wildman–Crippen LogP) is 4.55. The molecule has 0 saturated carbocycles. The minimum atomic E-state index is -0.636. The number of rotatable bonds is 2. The van der Waals surface area contributed by atoms with E-state index in [2.05, 4.69) is 5.32 Å². The molecule has 0 fully saturated rings. The first-order chi connectivity index (χ1) is 10.1. The molecule has 1 heterocycles. The lowest BCUT2D eigenvalue weighted by atomic mass is 10.1. The molecule has 1 N–H and O–H groups in total. The highest BCUT2D eigenvalue weighted by Crippen LogP contribution is 2.29. The first-order valence-corrected chi connectivity index (χ1v) is 7.83. The molecule has 1 aromatic carbocycles. The number of thiophene rings is 1. The molecule has 21 heavy (non-hydrogen) atoms. The van der Waals surface area contributed by atoms with Crippen LogP contribution in [-0.2, 0) is 12.8 Å². The lowest BCUT2D eigenvalue weighted by molar-refractivity contribution is 0.103. The number of nitrogens with one attached hydrogen (secondary N) is 1. The molecular formula is C16H15F2NOS. The molecular weight excluding hydrogens is 292 g/mol. The second-order valence-electron chi connectivity index (χ2n) is 5.20. The normalized spacial score (nSPS) is 14.4. The van der Waals surface area contributed by atoms with Gasteiger partial charge in [0.15, 0.2) is 0 Å². The summed E-state index contributed by atoms with van der Waals surface area (Å²) < 4.78 is 26.7. The Kier molecular flexibility index (Phi) is 4.01. The van der Waals surface area contributed by atoms with E-state index in [0.717, 1.165) is 43.9 Å². The van der Waals surface area contributed by atoms with Crippen molar-refractivity contribution in [2.75, 3.05) is 5.32 Å². The minimum Gasteiger partial charge on any atom is -0.319 e. The Hall–Kier alpha value is -1.75. The van der Waals surface area contributed by atoms with Crippen molar-refractivity contribution in [3.63, 3.8) is 0 Å². The van der Waals surface area contributed by atoms with Crippen LogP contribution in [0, 0.1) is 11.6 Å². The largest absolute Gasteiger partial charge is 0.319 e. The second kappa shape index (κ2) is 5.93. The van der Waals surface area contributed by atoms with Gasteiger partial charge in [-0.1, -0.05) is 6.42 Å². The molecule has 2 aromatic rings. The summed E-state index contributed by atoms with van der Waals surface area (Å²) in [5.41, 5.74) is 1.10. The van der Waals surface area contributed by atoms with Crippen LogP contribution in [0.4, 0.5) is 14.5 Å². The van der Waals surface area contributed by atoms with Crippen molar-refractivity contribution in [3.05, 3.63) is 51.2 Å². The van der Waals surface area contributed by atoms with E-state index < -0.39 is 11.6 Å². The predicted molar refractivity (Wildman–Crippen MR) is 79.9 cm³/mol. The van der Waals surface area contributed by atoms with Crippen molar-refractivity contribution in [1.29, 1.82) is 0 Å². The van der Waals surface area contributed by atoms with Gasteiger partial charge in [-0.3, -0.25) is 4.79 Å². The molecule has 0 atom stereocenters. The number of hydrogen-bond donors (Lipinski definition) is 1. The van der Waals surface area contributed by atoms with Crippen LogP contribution in [0.1, 0.15) is 39.4 Å². The molecule has 5 heteroatoms. The highest BCUT2D eigenvalue weighted by Gasteiger charge is 2.17. The van der Waals surface area contributed by atoms with Crippen LogP contribution in [-0.4, -0.2) is 5.91 Å². The number of hydrogen-bond acceptors (Lipinski definition) is 2. The van der Waals surface area contributed by atoms with Gasteiger partial charge in [-0.25, -0.2) is 8.78 Å². The van der Waals surface area contributed by atoms with E-state index in [1.54, 1.807) is 0 Å². The summed E-state index contributed by atoms with van der Waals surface area (Å²) in [5, 5.41) is 2.45. The van der Waals surface area contributed by atoms with E-state index in [0.29, 0.717) is 4.88 Å². The SMILES string of the molecule is O=C(Nc1cc(F)ccc1F)c1cc2c(s1)CCCCC2. The summed E-state index contributed by atoms with van der Waals surface area (Å²) in [6.45, 7) is 0. The highest BCUT2D eigenvalue weighted by atomic mass is 32.1. The zero-order chi connectivity index (χ0) is 14.8. The molecule has 3 rings (SSSR count). The third kappa shape index (κ3) is 3.13. The summed E-state index contributed by atoms with van der Waals surface area (Å²) in [7, 11) is 0. The Bertz CT molecular complexity index is 657. The van der Waals surface area contributed by atoms with Crippen molar-refractivity contribution >= 4 is 22.9 Å². The van der Waals surface area contributed by atoms with Gasteiger partial charge in [-0.2, -0.15) is 0 Å². The van der Waals surface area contributed by atoms with Gasteiger partial charge < -0.3 is 5.32 Å². The summed E-state index contributed by atoms with van der Waals surface area (Å²) >= 11 is 1.46. The first-order valence-electron chi connectivity index (χ1n) is 7.01. The summed E-state index contributed by atoms with van der Waals surface area (Å²) in [6.07, 6.45) is 5.50. The van der Waals surface area contributed by atoms with Gasteiger partial charge >= 0.3 is 0 Å². The average Bonchev–Trinajstić information content (AvgIpc) is 2.74. The topological polar surface area (TPSA) is 29.1 Å². The fraction of sp³-hybridized carbons (Fsp3) is 0.312. The van der Waals surface area contributed by atoms with Crippen LogP contribution in [0.25, 0.3) is 0 Å². The van der Waals surface area contributed by atoms with E-state index in [9.17, 15) is 13.6 Å². The fourth-order valence-electron chi connectivity index (χ4n) is 2.56. The van der Waals surface area contributed by atoms with Crippen molar-refractivity contribution in [2.45, 2.75) is 32.1 Å². The Balaban J connectivity index is 1.81. The molecule has 0 spiro atoms. The molecule has 0 saturated heterocycles. The van der Waals surface area contributed by atoms with Gasteiger partial charge in [0.05, 0.1) is 10.6 Å². The number of anilines is 1. The zero-order valence-electron chi connectivity index (χ0n) is 11.4. The van der Waals surface area contributed by atoms with Crippen LogP contribution < -0.4 is 5.32 Å². The number of carbonyl (C=O) groups is 1. The van der Waals surface area contributed by atoms with Crippen LogP contribution in [0.5, 0.6) is 0 Å². The van der Waals surface area contributed by atoms with Gasteiger partial charge in [-0.15, -0.1) is 11.3 Å². The third-order valence-electron chi connectivity index (χ3n) is 3.65. The molecule has 110 valence electrons. The Morgan fingerprint density at radius 1 is 1.10 bits per heavy atom. The number of fused-ring (bicyclic) bond motifs is 1. The van der Waals surface area contributed by atoms with Crippen LogP contribution in [0.15, 0.2) is 24.3 Å². The maximum absolute atomic E-state index is 13.5. The number of benzene rings is 1. The van der Waals surface area contributed by atoms with E-state index in [1.165, 1.54) is 28.2 Å². The van der Waals surface area contributed by atoms with Gasteiger partial charge in [-0.05, 0) is 49.4 Å². The first kappa shape index (κ1) is 14.2. The molecule has 1 aliphatic carbocycles. The second-order valence-corrected chi connectivity index (χ2v) is 6.33. The molecule has 1 amide bonds. The molecule has 0 aliphatic heterocycles. The maximum Gasteiger partial charge on any atom is 0.265 e. The smallest absolute Gasteiger partial charge is 0.265 e. The standard InChI is InChI=1S/C16H15F2NOS/c17-11-6-7-12(18)13(9-11)19-16(20)15-8-10-4-2-1-3-5-14(10)21-15/h6-9H,1-5H2,(H,19,20). The van der Waals surface area contributed by atoms with Gasteiger partial charge in [0.1, 0.15) is 11.6 Å². The lowest BCUT2D eigenvalue weighted by Crippen LogP contribution is -2.11. The van der Waals surface area contributed by atoms with Crippen molar-refractivity contribution in [3.8, 4) is 0 Å². The molecule has 0 radical (unpaired) electrons. The van der Waals surface area contributed by atoms with Crippen molar-refractivity contribution < 1.29 is 13.6 Å². The number of carbonyl (C=O) groups excluding carboxylic acids is 1. The molecule has 1 aliphatic rings. The average molecular weight is 307 g/mol. The van der Waals surface area contributed by atoms with Gasteiger partial charge in [0.2, 0.25) is 0 Å². The Morgan fingerprint density at radius 2 is 1.90 bits per heavy atom. The van der Waals surface area contributed by atoms with E-state index in [4.69, 9.17) is 0 Å². The number of amides is 1. The number of aryl methyl sites for hydroxylation is 2. The van der Waals surface area contributed by atoms with Crippen LogP contribution >= 0.6 is 11.3 Å². The van der Waals surface area contributed by atoms with E-state index in [1.807, 2.05) is 6.07 Å². The molecule has 0 unspecified atom stereocenters. The fourth-order valence-corrected chi connectivity index (χ4v) is 3.71. The zero-order valence-corrected chi connectivity index (χ0v) is 12.2. The molecule has 2 nitrogen and oxygen atoms in total. The highest BCUT2D eigenvalue weighted by molar-refractivity contribution is 7.14. The molecule has 0 bridgehead atoms. The van der Waals surface area contributed by atoms with E-state index in [-0.39, 0.29) is 11.6 Å². The number of halogens is 2. The van der Waals surface area contributed by atoms with Crippen molar-refractivity contribution in [2.24, 2.45) is 0 Å². The Labute approximate surface area is 125 Å². The lowest BCUT2D eigenvalue weighted by Gasteiger charge is -2.05. The van der Waals surface area contributed by atoms with Gasteiger partial charge in [0.25, 0.3) is 5.91 Å². The monoisotopic (exact) mass is 307 g/mol. The third-order valence-corrected chi connectivity index (χ3v) is 4.88. The summed E-state index contributed by atoms with van der Waals surface area (Å²) in [5.74, 6) is -1.59.